The number of hydrogen-bond acceptors (Lipinski definition) is 8. The van der Waals surface area contributed by atoms with Gasteiger partial charge in [0.25, 0.3) is 5.91 Å². The van der Waals surface area contributed by atoms with E-state index in [1.54, 1.807) is 17.6 Å². The van der Waals surface area contributed by atoms with Crippen molar-refractivity contribution < 1.29 is 14.8 Å². The summed E-state index contributed by atoms with van der Waals surface area (Å²) in [6, 6.07) is 15.6. The lowest BCUT2D eigenvalue weighted by molar-refractivity contribution is -0.129. The monoisotopic (exact) mass is 545 g/mol. The second kappa shape index (κ2) is 14.5. The maximum absolute atomic E-state index is 12.4. The molecule has 4 N–H and O–H groups in total. The van der Waals surface area contributed by atoms with Gasteiger partial charge in [-0.15, -0.1) is 10.2 Å². The predicted molar refractivity (Wildman–Crippen MR) is 149 cm³/mol. The molecule has 2 aromatic carbocycles. The van der Waals surface area contributed by atoms with Crippen molar-refractivity contribution in [2.45, 2.75) is 58.7 Å². The molecular weight excluding hydrogens is 510 g/mol. The van der Waals surface area contributed by atoms with Gasteiger partial charge in [0.2, 0.25) is 5.91 Å². The number of unbranched alkanes of at least 4 members (excludes halogenated alkanes) is 3. The lowest BCUT2D eigenvalue weighted by atomic mass is 10.1. The summed E-state index contributed by atoms with van der Waals surface area (Å²) in [5.41, 5.74) is 7.08. The van der Waals surface area contributed by atoms with Gasteiger partial charge in [-0.05, 0) is 55.2 Å². The third-order valence-corrected chi connectivity index (χ3v) is 6.28. The van der Waals surface area contributed by atoms with Crippen LogP contribution in [0.3, 0.4) is 0 Å². The minimum Gasteiger partial charge on any atom is -0.379 e. The lowest BCUT2D eigenvalue weighted by Gasteiger charge is -2.07. The summed E-state index contributed by atoms with van der Waals surface area (Å²) < 4.78 is 3.64. The van der Waals surface area contributed by atoms with Crippen LogP contribution >= 0.6 is 0 Å². The quantitative estimate of drug-likeness (QED) is 0.101. The minimum absolute atomic E-state index is 0.116. The summed E-state index contributed by atoms with van der Waals surface area (Å²) in [5.74, 6) is -0.486. The van der Waals surface area contributed by atoms with Crippen LogP contribution in [0.15, 0.2) is 60.9 Å². The molecule has 0 bridgehead atoms. The van der Waals surface area contributed by atoms with Crippen molar-refractivity contribution in [2.75, 3.05) is 11.9 Å². The van der Waals surface area contributed by atoms with Crippen molar-refractivity contribution in [1.82, 2.24) is 40.8 Å². The van der Waals surface area contributed by atoms with Gasteiger partial charge in [-0.25, -0.2) is 14.8 Å². The largest absolute Gasteiger partial charge is 0.379 e. The molecule has 2 aromatic heterocycles. The van der Waals surface area contributed by atoms with E-state index in [0.29, 0.717) is 44.6 Å². The molecule has 0 aliphatic rings. The van der Waals surface area contributed by atoms with Gasteiger partial charge in [0.1, 0.15) is 5.69 Å². The summed E-state index contributed by atoms with van der Waals surface area (Å²) in [5, 5.41) is 31.4. The second-order valence-corrected chi connectivity index (χ2v) is 9.67. The van der Waals surface area contributed by atoms with Crippen molar-refractivity contribution in [3.05, 3.63) is 89.0 Å². The Kier molecular flexibility index (Phi) is 10.3. The summed E-state index contributed by atoms with van der Waals surface area (Å²) in [6.45, 7) is 4.29. The van der Waals surface area contributed by atoms with Crippen molar-refractivity contribution in [2.24, 2.45) is 0 Å². The van der Waals surface area contributed by atoms with Crippen LogP contribution in [0.1, 0.15) is 65.0 Å². The van der Waals surface area contributed by atoms with E-state index >= 15 is 0 Å². The number of nitrogens with zero attached hydrogens (tertiary/aromatic N) is 6. The number of anilines is 1. The van der Waals surface area contributed by atoms with Crippen LogP contribution in [0.25, 0.3) is 0 Å². The molecule has 40 heavy (non-hydrogen) atoms. The zero-order valence-electron chi connectivity index (χ0n) is 22.6. The Morgan fingerprint density at radius 3 is 2.27 bits per heavy atom. The SMILES string of the molecule is Cc1cn(Cc2cccc(Cn3cc(CNc4ccc(C(=O)NCCCCCCC(=O)NO)cc4)nn3)c2)nn1. The van der Waals surface area contributed by atoms with E-state index in [2.05, 4.69) is 49.5 Å². The highest BCUT2D eigenvalue weighted by Crippen LogP contribution is 2.12. The molecule has 0 atom stereocenters. The molecule has 12 heteroatoms. The summed E-state index contributed by atoms with van der Waals surface area (Å²) >= 11 is 0. The highest BCUT2D eigenvalue weighted by Gasteiger charge is 2.07. The fourth-order valence-electron chi connectivity index (χ4n) is 4.23. The maximum atomic E-state index is 12.4. The predicted octanol–water partition coefficient (Wildman–Crippen LogP) is 3.07. The molecule has 4 rings (SSSR count). The third-order valence-electron chi connectivity index (χ3n) is 6.28. The van der Waals surface area contributed by atoms with Gasteiger partial charge in [0.15, 0.2) is 0 Å². The molecule has 0 aliphatic carbocycles. The molecule has 2 amide bonds. The number of nitrogens with one attached hydrogen (secondary N) is 3. The summed E-state index contributed by atoms with van der Waals surface area (Å²) in [6.07, 6.45) is 7.47. The van der Waals surface area contributed by atoms with E-state index in [4.69, 9.17) is 5.21 Å². The molecular formula is C28H35N9O3. The topological polar surface area (TPSA) is 152 Å². The first-order valence-corrected chi connectivity index (χ1v) is 13.4. The number of carbonyl (C=O) groups is 2. The van der Waals surface area contributed by atoms with Crippen molar-refractivity contribution in [3.8, 4) is 0 Å². The van der Waals surface area contributed by atoms with Crippen LogP contribution in [-0.2, 0) is 24.4 Å². The molecule has 0 aliphatic heterocycles. The van der Waals surface area contributed by atoms with E-state index in [0.717, 1.165) is 47.5 Å². The van der Waals surface area contributed by atoms with E-state index in [9.17, 15) is 9.59 Å². The van der Waals surface area contributed by atoms with Gasteiger partial charge in [-0.1, -0.05) is 47.5 Å². The highest BCUT2D eigenvalue weighted by atomic mass is 16.5. The van der Waals surface area contributed by atoms with E-state index < -0.39 is 0 Å². The molecule has 0 saturated carbocycles. The van der Waals surface area contributed by atoms with Crippen LogP contribution in [0.2, 0.25) is 0 Å². The summed E-state index contributed by atoms with van der Waals surface area (Å²) in [4.78, 5) is 23.3. The molecule has 2 heterocycles. The molecule has 12 nitrogen and oxygen atoms in total. The third kappa shape index (κ3) is 9.02. The van der Waals surface area contributed by atoms with Gasteiger partial charge in [0, 0.05) is 30.4 Å². The summed E-state index contributed by atoms with van der Waals surface area (Å²) in [7, 11) is 0. The lowest BCUT2D eigenvalue weighted by Crippen LogP contribution is -2.24. The van der Waals surface area contributed by atoms with Crippen LogP contribution in [0.5, 0.6) is 0 Å². The normalized spacial score (nSPS) is 10.8. The number of benzene rings is 2. The van der Waals surface area contributed by atoms with Crippen molar-refractivity contribution >= 4 is 17.5 Å². The Morgan fingerprint density at radius 2 is 1.57 bits per heavy atom. The second-order valence-electron chi connectivity index (χ2n) is 9.67. The molecule has 0 radical (unpaired) electrons. The molecule has 4 aromatic rings. The maximum Gasteiger partial charge on any atom is 0.251 e. The van der Waals surface area contributed by atoms with Crippen molar-refractivity contribution in [3.63, 3.8) is 0 Å². The van der Waals surface area contributed by atoms with Crippen LogP contribution in [0, 0.1) is 6.92 Å². The number of aromatic nitrogens is 6. The number of hydroxylamine groups is 1. The van der Waals surface area contributed by atoms with Crippen LogP contribution in [-0.4, -0.2) is 53.6 Å². The van der Waals surface area contributed by atoms with E-state index in [1.807, 2.05) is 46.9 Å². The van der Waals surface area contributed by atoms with Gasteiger partial charge in [-0.3, -0.25) is 14.8 Å². The Balaban J connectivity index is 1.17. The zero-order valence-corrected chi connectivity index (χ0v) is 22.6. The van der Waals surface area contributed by atoms with Crippen LogP contribution < -0.4 is 16.1 Å². The number of carbonyl (C=O) groups excluding carboxylic acids is 2. The number of aryl methyl sites for hydroxylation is 1. The molecule has 0 spiro atoms. The number of hydrogen-bond donors (Lipinski definition) is 4. The van der Waals surface area contributed by atoms with Gasteiger partial charge in [-0.2, -0.15) is 0 Å². The Morgan fingerprint density at radius 1 is 0.875 bits per heavy atom. The van der Waals surface area contributed by atoms with E-state index in [-0.39, 0.29) is 11.8 Å². The average Bonchev–Trinajstić information content (AvgIpc) is 3.59. The fraction of sp³-hybridized carbons (Fsp3) is 0.357. The first kappa shape index (κ1) is 28.4. The number of rotatable bonds is 15. The van der Waals surface area contributed by atoms with Gasteiger partial charge < -0.3 is 10.6 Å². The highest BCUT2D eigenvalue weighted by molar-refractivity contribution is 5.94. The Bertz CT molecular complexity index is 1380. The first-order valence-electron chi connectivity index (χ1n) is 13.4. The Labute approximate surface area is 232 Å². The number of amides is 2. The molecule has 0 fully saturated rings. The van der Waals surface area contributed by atoms with Crippen LogP contribution in [0.4, 0.5) is 5.69 Å². The van der Waals surface area contributed by atoms with Gasteiger partial charge in [0.05, 0.1) is 31.5 Å². The fourth-order valence-corrected chi connectivity index (χ4v) is 4.23. The minimum atomic E-state index is -0.370. The average molecular weight is 546 g/mol. The van der Waals surface area contributed by atoms with Gasteiger partial charge >= 0.3 is 0 Å². The van der Waals surface area contributed by atoms with Crippen molar-refractivity contribution in [1.29, 1.82) is 0 Å². The molecule has 210 valence electrons. The first-order chi connectivity index (χ1) is 19.5. The molecule has 0 saturated heterocycles. The Hall–Kier alpha value is -4.58. The standard InChI is InChI=1S/C28H35N9O3/c1-21-17-36(34-31-21)18-22-7-6-8-23(15-22)19-37-20-26(32-35-37)16-30-25-12-10-24(11-13-25)28(39)29-14-5-3-2-4-9-27(38)33-40/h6-8,10-13,15,17,20,30,40H,2-5,9,14,16,18-19H2,1H3,(H,29,39)(H,33,38). The zero-order chi connectivity index (χ0) is 28.2. The molecule has 0 unspecified atom stereocenters. The van der Waals surface area contributed by atoms with E-state index in [1.165, 1.54) is 0 Å². The smallest absolute Gasteiger partial charge is 0.251 e.